The minimum Gasteiger partial charge on any atom is -0.455 e. The second kappa shape index (κ2) is 12.9. The third kappa shape index (κ3) is 5.45. The largest absolute Gasteiger partial charge is 0.455 e. The van der Waals surface area contributed by atoms with Crippen LogP contribution in [-0.4, -0.2) is 15.0 Å². The van der Waals surface area contributed by atoms with Crippen molar-refractivity contribution < 1.29 is 4.42 Å². The first-order chi connectivity index (χ1) is 26.3. The lowest BCUT2D eigenvalue weighted by molar-refractivity contribution is 0.674. The van der Waals surface area contributed by atoms with Gasteiger partial charge < -0.3 is 4.42 Å². The maximum Gasteiger partial charge on any atom is 0.164 e. The van der Waals surface area contributed by atoms with Crippen LogP contribution in [0.5, 0.6) is 0 Å². The number of benzene rings is 8. The molecule has 0 radical (unpaired) electrons. The molecule has 10 aromatic rings. The van der Waals surface area contributed by atoms with Crippen molar-refractivity contribution in [1.29, 1.82) is 0 Å². The maximum atomic E-state index is 6.79. The zero-order valence-electron chi connectivity index (χ0n) is 28.6. The van der Waals surface area contributed by atoms with Crippen LogP contribution in [0.3, 0.4) is 0 Å². The number of furan rings is 1. The van der Waals surface area contributed by atoms with Crippen LogP contribution < -0.4 is 0 Å². The van der Waals surface area contributed by atoms with Gasteiger partial charge in [0.2, 0.25) is 0 Å². The molecular weight excluding hydrogens is 647 g/mol. The molecule has 4 heteroatoms. The fourth-order valence-electron chi connectivity index (χ4n) is 7.39. The van der Waals surface area contributed by atoms with Gasteiger partial charge in [0.15, 0.2) is 17.5 Å². The molecule has 0 unspecified atom stereocenters. The predicted octanol–water partition coefficient (Wildman–Crippen LogP) is 12.9. The topological polar surface area (TPSA) is 51.8 Å². The van der Waals surface area contributed by atoms with E-state index in [9.17, 15) is 0 Å². The standard InChI is InChI=1S/C49H31N3O/c1-4-15-32(16-5-1)33-27-29-36(30-28-33)47-50-48(42-24-13-10-21-37(42)34-17-6-2-7-18-34)52-49(51-47)44-31-43-41-26-14-25-38(35-19-8-3-9-20-35)45(41)53-46(43)40-23-12-11-22-39(40)44/h1-31H. The molecule has 248 valence electrons. The van der Waals surface area contributed by atoms with Crippen molar-refractivity contribution in [3.05, 3.63) is 188 Å². The Morgan fingerprint density at radius 1 is 0.264 bits per heavy atom. The van der Waals surface area contributed by atoms with Gasteiger partial charge >= 0.3 is 0 Å². The van der Waals surface area contributed by atoms with E-state index in [4.69, 9.17) is 19.4 Å². The van der Waals surface area contributed by atoms with Crippen LogP contribution in [-0.2, 0) is 0 Å². The number of para-hydroxylation sites is 1. The van der Waals surface area contributed by atoms with Gasteiger partial charge in [0.25, 0.3) is 0 Å². The second-order valence-electron chi connectivity index (χ2n) is 13.2. The highest BCUT2D eigenvalue weighted by molar-refractivity contribution is 6.20. The summed E-state index contributed by atoms with van der Waals surface area (Å²) in [5.41, 5.74) is 11.1. The molecule has 0 amide bonds. The molecule has 0 aliphatic rings. The summed E-state index contributed by atoms with van der Waals surface area (Å²) in [7, 11) is 0. The zero-order valence-corrected chi connectivity index (χ0v) is 28.6. The fourth-order valence-corrected chi connectivity index (χ4v) is 7.39. The van der Waals surface area contributed by atoms with E-state index in [1.54, 1.807) is 0 Å². The number of hydrogen-bond acceptors (Lipinski definition) is 4. The number of aromatic nitrogens is 3. The van der Waals surface area contributed by atoms with E-state index < -0.39 is 0 Å². The van der Waals surface area contributed by atoms with Crippen LogP contribution in [0.25, 0.3) is 100 Å². The van der Waals surface area contributed by atoms with Gasteiger partial charge in [-0.2, -0.15) is 0 Å². The third-order valence-corrected chi connectivity index (χ3v) is 9.97. The van der Waals surface area contributed by atoms with Crippen LogP contribution in [0.4, 0.5) is 0 Å². The Morgan fingerprint density at radius 2 is 0.717 bits per heavy atom. The van der Waals surface area contributed by atoms with Crippen molar-refractivity contribution >= 4 is 32.7 Å². The van der Waals surface area contributed by atoms with Crippen LogP contribution >= 0.6 is 0 Å². The normalized spacial score (nSPS) is 11.4. The summed E-state index contributed by atoms with van der Waals surface area (Å²) < 4.78 is 6.79. The van der Waals surface area contributed by atoms with Crippen molar-refractivity contribution in [1.82, 2.24) is 15.0 Å². The first-order valence-corrected chi connectivity index (χ1v) is 17.8. The van der Waals surface area contributed by atoms with Gasteiger partial charge in [-0.1, -0.05) is 182 Å². The predicted molar refractivity (Wildman–Crippen MR) is 217 cm³/mol. The molecule has 0 aliphatic carbocycles. The van der Waals surface area contributed by atoms with Gasteiger partial charge in [-0.3, -0.25) is 0 Å². The van der Waals surface area contributed by atoms with E-state index in [0.717, 1.165) is 82.8 Å². The summed E-state index contributed by atoms with van der Waals surface area (Å²) in [6, 6.07) is 65.0. The minimum absolute atomic E-state index is 0.603. The van der Waals surface area contributed by atoms with Gasteiger partial charge in [-0.25, -0.2) is 15.0 Å². The van der Waals surface area contributed by atoms with Gasteiger partial charge in [-0.05, 0) is 39.3 Å². The third-order valence-electron chi connectivity index (χ3n) is 9.97. The highest BCUT2D eigenvalue weighted by Gasteiger charge is 2.21. The van der Waals surface area contributed by atoms with E-state index >= 15 is 0 Å². The molecule has 10 rings (SSSR count). The first kappa shape index (κ1) is 30.6. The Hall–Kier alpha value is -7.17. The van der Waals surface area contributed by atoms with Crippen molar-refractivity contribution in [3.63, 3.8) is 0 Å². The molecular formula is C49H31N3O. The molecule has 8 aromatic carbocycles. The molecule has 0 aliphatic heterocycles. The number of hydrogen-bond donors (Lipinski definition) is 0. The highest BCUT2D eigenvalue weighted by atomic mass is 16.3. The summed E-state index contributed by atoms with van der Waals surface area (Å²) in [5.74, 6) is 1.83. The van der Waals surface area contributed by atoms with Gasteiger partial charge in [0, 0.05) is 38.4 Å². The average Bonchev–Trinajstić information content (AvgIpc) is 3.63. The Morgan fingerprint density at radius 3 is 1.42 bits per heavy atom. The molecule has 0 fully saturated rings. The molecule has 2 aromatic heterocycles. The molecule has 0 N–H and O–H groups in total. The molecule has 0 bridgehead atoms. The van der Waals surface area contributed by atoms with Crippen molar-refractivity contribution in [3.8, 4) is 67.5 Å². The van der Waals surface area contributed by atoms with Gasteiger partial charge in [-0.15, -0.1) is 0 Å². The quantitative estimate of drug-likeness (QED) is 0.176. The van der Waals surface area contributed by atoms with Gasteiger partial charge in [0.1, 0.15) is 11.2 Å². The summed E-state index contributed by atoms with van der Waals surface area (Å²) in [5, 5.41) is 4.09. The van der Waals surface area contributed by atoms with Crippen LogP contribution in [0.1, 0.15) is 0 Å². The summed E-state index contributed by atoms with van der Waals surface area (Å²) in [6.45, 7) is 0. The maximum absolute atomic E-state index is 6.79. The minimum atomic E-state index is 0.603. The monoisotopic (exact) mass is 677 g/mol. The van der Waals surface area contributed by atoms with Crippen molar-refractivity contribution in [2.45, 2.75) is 0 Å². The van der Waals surface area contributed by atoms with E-state index in [-0.39, 0.29) is 0 Å². The van der Waals surface area contributed by atoms with E-state index in [2.05, 4.69) is 164 Å². The summed E-state index contributed by atoms with van der Waals surface area (Å²) in [6.07, 6.45) is 0. The van der Waals surface area contributed by atoms with Crippen LogP contribution in [0.15, 0.2) is 192 Å². The number of fused-ring (bicyclic) bond motifs is 5. The van der Waals surface area contributed by atoms with Gasteiger partial charge in [0.05, 0.1) is 0 Å². The van der Waals surface area contributed by atoms with E-state index in [0.29, 0.717) is 17.5 Å². The lowest BCUT2D eigenvalue weighted by atomic mass is 9.97. The molecule has 0 saturated carbocycles. The van der Waals surface area contributed by atoms with E-state index in [1.807, 2.05) is 24.3 Å². The zero-order chi connectivity index (χ0) is 35.1. The number of rotatable bonds is 6. The second-order valence-corrected chi connectivity index (χ2v) is 13.2. The average molecular weight is 678 g/mol. The fraction of sp³-hybridized carbons (Fsp3) is 0. The molecule has 53 heavy (non-hydrogen) atoms. The Kier molecular flexibility index (Phi) is 7.43. The molecule has 0 spiro atoms. The Bertz CT molecular complexity index is 2920. The molecule has 2 heterocycles. The molecule has 4 nitrogen and oxygen atoms in total. The summed E-state index contributed by atoms with van der Waals surface area (Å²) >= 11 is 0. The summed E-state index contributed by atoms with van der Waals surface area (Å²) in [4.78, 5) is 15.7. The molecule has 0 saturated heterocycles. The van der Waals surface area contributed by atoms with Crippen molar-refractivity contribution in [2.75, 3.05) is 0 Å². The Labute approximate surface area is 306 Å². The smallest absolute Gasteiger partial charge is 0.164 e. The lowest BCUT2D eigenvalue weighted by Crippen LogP contribution is -2.01. The molecule has 0 atom stereocenters. The van der Waals surface area contributed by atoms with Crippen molar-refractivity contribution in [2.24, 2.45) is 0 Å². The Balaban J connectivity index is 1.22. The van der Waals surface area contributed by atoms with Crippen LogP contribution in [0.2, 0.25) is 0 Å². The highest BCUT2D eigenvalue weighted by Crippen LogP contribution is 2.42. The SMILES string of the molecule is c1ccc(-c2ccc(-c3nc(-c4ccccc4-c4ccccc4)nc(-c4cc5c6cccc(-c7ccccc7)c6oc5c5ccccc45)n3)cc2)cc1. The van der Waals surface area contributed by atoms with Crippen LogP contribution in [0, 0.1) is 0 Å². The van der Waals surface area contributed by atoms with E-state index in [1.165, 1.54) is 0 Å². The lowest BCUT2D eigenvalue weighted by Gasteiger charge is -2.13. The number of nitrogens with zero attached hydrogens (tertiary/aromatic N) is 3. The first-order valence-electron chi connectivity index (χ1n) is 17.8.